The molecule has 0 radical (unpaired) electrons. The summed E-state index contributed by atoms with van der Waals surface area (Å²) >= 11 is 2.74. The Hall–Kier alpha value is -3.70. The number of thioether (sulfide) groups is 1. The number of thiazole rings is 1. The number of hydrogen-bond acceptors (Lipinski definition) is 10. The Kier molecular flexibility index (Phi) is 6.05. The lowest BCUT2D eigenvalue weighted by atomic mass is 10.2. The van der Waals surface area contributed by atoms with Crippen LogP contribution < -0.4 is 10.1 Å². The fourth-order valence-corrected chi connectivity index (χ4v) is 4.67. The van der Waals surface area contributed by atoms with E-state index in [9.17, 15) is 4.79 Å². The second kappa shape index (κ2) is 9.43. The molecule has 5 aromatic rings. The third-order valence-electron chi connectivity index (χ3n) is 4.58. The van der Waals surface area contributed by atoms with E-state index >= 15 is 0 Å². The molecule has 0 saturated heterocycles. The van der Waals surface area contributed by atoms with Crippen LogP contribution in [0.4, 0.5) is 5.13 Å². The molecule has 1 amide bonds. The van der Waals surface area contributed by atoms with Crippen molar-refractivity contribution >= 4 is 44.4 Å². The number of nitrogens with one attached hydrogen (secondary N) is 1. The van der Waals surface area contributed by atoms with Crippen molar-refractivity contribution in [1.29, 1.82) is 0 Å². The Balaban J connectivity index is 1.23. The van der Waals surface area contributed by atoms with Crippen LogP contribution in [-0.2, 0) is 4.79 Å². The molecule has 33 heavy (non-hydrogen) atoms. The van der Waals surface area contributed by atoms with Crippen LogP contribution in [0.2, 0.25) is 0 Å². The summed E-state index contributed by atoms with van der Waals surface area (Å²) in [4.78, 5) is 21.4. The van der Waals surface area contributed by atoms with E-state index in [-0.39, 0.29) is 12.3 Å². The van der Waals surface area contributed by atoms with Crippen molar-refractivity contribution in [3.63, 3.8) is 0 Å². The monoisotopic (exact) mass is 479 g/mol. The Morgan fingerprint density at radius 1 is 1.06 bits per heavy atom. The standard InChI is InChI=1S/C22H17N5O4S2/c1-29-13-6-7-14-17(12-13)33-21(23-14)24-18(28)8-11-32-22-25-19(15-4-2-9-30-15)20(26-27-22)16-5-3-10-31-16/h2-7,9-10,12H,8,11H2,1H3,(H,23,24,28). The van der Waals surface area contributed by atoms with Crippen molar-refractivity contribution in [2.24, 2.45) is 0 Å². The molecule has 11 heteroatoms. The van der Waals surface area contributed by atoms with Gasteiger partial charge in [-0.3, -0.25) is 4.79 Å². The lowest BCUT2D eigenvalue weighted by molar-refractivity contribution is -0.115. The van der Waals surface area contributed by atoms with Gasteiger partial charge in [0.15, 0.2) is 22.3 Å². The molecule has 0 atom stereocenters. The molecule has 0 bridgehead atoms. The molecule has 0 saturated carbocycles. The van der Waals surface area contributed by atoms with Crippen LogP contribution in [0.5, 0.6) is 5.75 Å². The number of carbonyl (C=O) groups is 1. The van der Waals surface area contributed by atoms with Gasteiger partial charge in [-0.2, -0.15) is 0 Å². The minimum atomic E-state index is -0.139. The van der Waals surface area contributed by atoms with Crippen LogP contribution in [0.3, 0.4) is 0 Å². The highest BCUT2D eigenvalue weighted by atomic mass is 32.2. The van der Waals surface area contributed by atoms with Crippen molar-refractivity contribution in [2.75, 3.05) is 18.2 Å². The molecule has 5 rings (SSSR count). The number of ether oxygens (including phenoxy) is 1. The average molecular weight is 480 g/mol. The zero-order chi connectivity index (χ0) is 22.6. The van der Waals surface area contributed by atoms with Crippen LogP contribution >= 0.6 is 23.1 Å². The quantitative estimate of drug-likeness (QED) is 0.302. The molecule has 1 aromatic carbocycles. The number of anilines is 1. The van der Waals surface area contributed by atoms with Gasteiger partial charge in [0, 0.05) is 12.2 Å². The summed E-state index contributed by atoms with van der Waals surface area (Å²) in [6, 6.07) is 12.7. The van der Waals surface area contributed by atoms with Crippen LogP contribution in [-0.4, -0.2) is 38.9 Å². The number of carbonyl (C=O) groups excluding carboxylic acids is 1. The molecule has 0 fully saturated rings. The molecule has 0 spiro atoms. The summed E-state index contributed by atoms with van der Waals surface area (Å²) in [5, 5.41) is 12.3. The largest absolute Gasteiger partial charge is 0.497 e. The SMILES string of the molecule is COc1ccc2nc(NC(=O)CCSc3nnc(-c4ccco4)c(-c4ccco4)n3)sc2c1. The van der Waals surface area contributed by atoms with E-state index in [1.807, 2.05) is 18.2 Å². The average Bonchev–Trinajstić information content (AvgIpc) is 3.60. The highest BCUT2D eigenvalue weighted by molar-refractivity contribution is 7.99. The number of methoxy groups -OCH3 is 1. The van der Waals surface area contributed by atoms with Gasteiger partial charge in [-0.15, -0.1) is 10.2 Å². The van der Waals surface area contributed by atoms with E-state index < -0.39 is 0 Å². The first-order valence-corrected chi connectivity index (χ1v) is 11.7. The molecular formula is C22H17N5O4S2. The Morgan fingerprint density at radius 2 is 1.85 bits per heavy atom. The number of rotatable bonds is 8. The first-order chi connectivity index (χ1) is 16.2. The third-order valence-corrected chi connectivity index (χ3v) is 6.35. The molecule has 9 nitrogen and oxygen atoms in total. The summed E-state index contributed by atoms with van der Waals surface area (Å²) in [7, 11) is 1.61. The molecule has 166 valence electrons. The number of fused-ring (bicyclic) bond motifs is 1. The van der Waals surface area contributed by atoms with Gasteiger partial charge in [-0.1, -0.05) is 23.1 Å². The maximum atomic E-state index is 12.4. The second-order valence-corrected chi connectivity index (χ2v) is 8.84. The predicted octanol–water partition coefficient (Wildman–Crippen LogP) is 5.13. The predicted molar refractivity (Wildman–Crippen MR) is 125 cm³/mol. The smallest absolute Gasteiger partial charge is 0.226 e. The van der Waals surface area contributed by atoms with Gasteiger partial charge in [0.25, 0.3) is 0 Å². The first kappa shape index (κ1) is 21.2. The molecule has 1 N–H and O–H groups in total. The third kappa shape index (κ3) is 4.73. The number of benzene rings is 1. The summed E-state index contributed by atoms with van der Waals surface area (Å²) in [6.45, 7) is 0. The maximum Gasteiger partial charge on any atom is 0.226 e. The van der Waals surface area contributed by atoms with Gasteiger partial charge in [0.2, 0.25) is 11.1 Å². The molecule has 4 heterocycles. The normalized spacial score (nSPS) is 11.1. The van der Waals surface area contributed by atoms with Gasteiger partial charge >= 0.3 is 0 Å². The maximum absolute atomic E-state index is 12.4. The second-order valence-electron chi connectivity index (χ2n) is 6.75. The number of amides is 1. The molecule has 0 unspecified atom stereocenters. The number of aromatic nitrogens is 4. The molecule has 0 aliphatic rings. The molecular weight excluding hydrogens is 462 g/mol. The van der Waals surface area contributed by atoms with Gasteiger partial charge in [-0.25, -0.2) is 9.97 Å². The topological polar surface area (TPSA) is 116 Å². The Morgan fingerprint density at radius 3 is 2.58 bits per heavy atom. The van der Waals surface area contributed by atoms with Crippen molar-refractivity contribution in [2.45, 2.75) is 11.6 Å². The summed E-state index contributed by atoms with van der Waals surface area (Å²) in [6.07, 6.45) is 3.40. The molecule has 0 aliphatic heterocycles. The fraction of sp³-hybridized carbons (Fsp3) is 0.136. The van der Waals surface area contributed by atoms with E-state index in [1.165, 1.54) is 23.1 Å². The minimum Gasteiger partial charge on any atom is -0.497 e. The van der Waals surface area contributed by atoms with Crippen molar-refractivity contribution in [3.05, 3.63) is 55.0 Å². The van der Waals surface area contributed by atoms with E-state index in [4.69, 9.17) is 13.6 Å². The van der Waals surface area contributed by atoms with Crippen LogP contribution in [0.15, 0.2) is 69.0 Å². The molecule has 0 aliphatic carbocycles. The Labute approximate surface area is 196 Å². The number of hydrogen-bond donors (Lipinski definition) is 1. The van der Waals surface area contributed by atoms with E-state index in [0.29, 0.717) is 38.9 Å². The number of furan rings is 2. The van der Waals surface area contributed by atoms with E-state index in [2.05, 4.69) is 25.5 Å². The zero-order valence-electron chi connectivity index (χ0n) is 17.3. The van der Waals surface area contributed by atoms with E-state index in [0.717, 1.165) is 16.0 Å². The highest BCUT2D eigenvalue weighted by Gasteiger charge is 2.18. The first-order valence-electron chi connectivity index (χ1n) is 9.89. The summed E-state index contributed by atoms with van der Waals surface area (Å²) in [5.41, 5.74) is 1.83. The zero-order valence-corrected chi connectivity index (χ0v) is 19.0. The van der Waals surface area contributed by atoms with Crippen molar-refractivity contribution < 1.29 is 18.4 Å². The fourth-order valence-electron chi connectivity index (χ4n) is 3.04. The number of nitrogens with zero attached hydrogens (tertiary/aromatic N) is 4. The summed E-state index contributed by atoms with van der Waals surface area (Å²) in [5.74, 6) is 2.19. The van der Waals surface area contributed by atoms with Crippen LogP contribution in [0.25, 0.3) is 33.1 Å². The van der Waals surface area contributed by atoms with Crippen molar-refractivity contribution in [1.82, 2.24) is 20.2 Å². The Bertz CT molecular complexity index is 1380. The minimum absolute atomic E-state index is 0.139. The van der Waals surface area contributed by atoms with Crippen molar-refractivity contribution in [3.8, 4) is 28.7 Å². The van der Waals surface area contributed by atoms with Crippen LogP contribution in [0, 0.1) is 0 Å². The lowest BCUT2D eigenvalue weighted by Crippen LogP contribution is -2.12. The van der Waals surface area contributed by atoms with Gasteiger partial charge in [0.05, 0.1) is 29.9 Å². The highest BCUT2D eigenvalue weighted by Crippen LogP contribution is 2.31. The van der Waals surface area contributed by atoms with Gasteiger partial charge < -0.3 is 18.9 Å². The van der Waals surface area contributed by atoms with Gasteiger partial charge in [0.1, 0.15) is 11.4 Å². The van der Waals surface area contributed by atoms with Gasteiger partial charge in [-0.05, 0) is 42.5 Å². The van der Waals surface area contributed by atoms with E-state index in [1.54, 1.807) is 43.9 Å². The van der Waals surface area contributed by atoms with Crippen LogP contribution in [0.1, 0.15) is 6.42 Å². The lowest BCUT2D eigenvalue weighted by Gasteiger charge is -2.05. The molecule has 4 aromatic heterocycles. The summed E-state index contributed by atoms with van der Waals surface area (Å²) < 4.78 is 17.1.